The van der Waals surface area contributed by atoms with Crippen molar-refractivity contribution in [1.82, 2.24) is 0 Å². The zero-order chi connectivity index (χ0) is 10.8. The molecule has 2 rings (SSSR count). The highest BCUT2D eigenvalue weighted by molar-refractivity contribution is 7.10. The fourth-order valence-corrected chi connectivity index (χ4v) is 3.40. The van der Waals surface area contributed by atoms with E-state index in [1.807, 2.05) is 12.3 Å². The zero-order valence-corrected chi connectivity index (χ0v) is 10.0. The van der Waals surface area contributed by atoms with Gasteiger partial charge in [-0.15, -0.1) is 11.3 Å². The lowest BCUT2D eigenvalue weighted by Gasteiger charge is -2.09. The molecule has 0 N–H and O–H groups in total. The van der Waals surface area contributed by atoms with E-state index >= 15 is 0 Å². The molecule has 1 heterocycles. The van der Waals surface area contributed by atoms with Crippen LogP contribution in [0.5, 0.6) is 0 Å². The first kappa shape index (κ1) is 10.7. The number of hydrogen-bond donors (Lipinski definition) is 0. The maximum Gasteiger partial charge on any atom is 0.339 e. The van der Waals surface area contributed by atoms with Crippen LogP contribution in [-0.4, -0.2) is 12.6 Å². The average Bonchev–Trinajstić information content (AvgIpc) is 2.77. The van der Waals surface area contributed by atoms with Crippen LogP contribution in [0.3, 0.4) is 0 Å². The zero-order valence-electron chi connectivity index (χ0n) is 9.21. The molecule has 1 unspecified atom stereocenters. The van der Waals surface area contributed by atoms with Crippen LogP contribution in [0.25, 0.3) is 0 Å². The summed E-state index contributed by atoms with van der Waals surface area (Å²) >= 11 is 1.71. The molecule has 1 aliphatic rings. The van der Waals surface area contributed by atoms with Gasteiger partial charge >= 0.3 is 5.97 Å². The molecule has 0 saturated carbocycles. The highest BCUT2D eigenvalue weighted by atomic mass is 32.1. The molecule has 1 aliphatic carbocycles. The molecule has 0 aromatic carbocycles. The van der Waals surface area contributed by atoms with E-state index in [1.54, 1.807) is 11.3 Å². The molecule has 0 spiro atoms. The summed E-state index contributed by atoms with van der Waals surface area (Å²) in [5, 5.41) is 1.96. The second kappa shape index (κ2) is 4.35. The van der Waals surface area contributed by atoms with Crippen LogP contribution in [0.15, 0.2) is 5.38 Å². The third kappa shape index (κ3) is 1.81. The van der Waals surface area contributed by atoms with Crippen molar-refractivity contribution in [2.24, 2.45) is 0 Å². The number of rotatable bonds is 3. The van der Waals surface area contributed by atoms with Gasteiger partial charge in [-0.1, -0.05) is 6.92 Å². The first-order chi connectivity index (χ1) is 7.27. The van der Waals surface area contributed by atoms with Crippen molar-refractivity contribution in [3.8, 4) is 0 Å². The Morgan fingerprint density at radius 1 is 1.60 bits per heavy atom. The largest absolute Gasteiger partial charge is 0.462 e. The lowest BCUT2D eigenvalue weighted by atomic mass is 9.97. The van der Waals surface area contributed by atoms with E-state index in [4.69, 9.17) is 4.74 Å². The van der Waals surface area contributed by atoms with E-state index in [0.717, 1.165) is 18.4 Å². The second-order valence-electron chi connectivity index (χ2n) is 3.85. The van der Waals surface area contributed by atoms with Crippen molar-refractivity contribution in [1.29, 1.82) is 0 Å². The SMILES string of the molecule is CCOC(=O)c1csc2c1C(CC)CC2. The summed E-state index contributed by atoms with van der Waals surface area (Å²) in [6.45, 7) is 4.49. The van der Waals surface area contributed by atoms with Crippen LogP contribution in [0, 0.1) is 0 Å². The van der Waals surface area contributed by atoms with E-state index in [-0.39, 0.29) is 5.97 Å². The quantitative estimate of drug-likeness (QED) is 0.736. The second-order valence-corrected chi connectivity index (χ2v) is 4.81. The number of carbonyl (C=O) groups is 1. The highest BCUT2D eigenvalue weighted by Gasteiger charge is 2.29. The Bertz CT molecular complexity index is 368. The summed E-state index contributed by atoms with van der Waals surface area (Å²) in [6, 6.07) is 0. The van der Waals surface area contributed by atoms with E-state index in [2.05, 4.69) is 6.92 Å². The minimum atomic E-state index is -0.143. The molecule has 0 bridgehead atoms. The molecule has 15 heavy (non-hydrogen) atoms. The first-order valence-electron chi connectivity index (χ1n) is 5.55. The summed E-state index contributed by atoms with van der Waals surface area (Å²) < 4.78 is 5.07. The van der Waals surface area contributed by atoms with Gasteiger partial charge in [-0.2, -0.15) is 0 Å². The topological polar surface area (TPSA) is 26.3 Å². The van der Waals surface area contributed by atoms with Gasteiger partial charge in [0.2, 0.25) is 0 Å². The minimum absolute atomic E-state index is 0.143. The van der Waals surface area contributed by atoms with Crippen LogP contribution >= 0.6 is 11.3 Å². The van der Waals surface area contributed by atoms with E-state index in [9.17, 15) is 4.79 Å². The predicted octanol–water partition coefficient (Wildman–Crippen LogP) is 3.36. The van der Waals surface area contributed by atoms with Gasteiger partial charge in [0.15, 0.2) is 0 Å². The average molecular weight is 224 g/mol. The number of ether oxygens (including phenoxy) is 1. The molecule has 1 atom stereocenters. The molecule has 82 valence electrons. The van der Waals surface area contributed by atoms with Crippen molar-refractivity contribution in [2.45, 2.75) is 39.0 Å². The number of aryl methyl sites for hydroxylation is 1. The number of hydrogen-bond acceptors (Lipinski definition) is 3. The Labute approximate surface area is 94.3 Å². The lowest BCUT2D eigenvalue weighted by molar-refractivity contribution is 0.0525. The molecule has 3 heteroatoms. The van der Waals surface area contributed by atoms with E-state index in [1.165, 1.54) is 16.9 Å². The Kier molecular flexibility index (Phi) is 3.10. The summed E-state index contributed by atoms with van der Waals surface area (Å²) in [7, 11) is 0. The van der Waals surface area contributed by atoms with Crippen molar-refractivity contribution in [3.05, 3.63) is 21.4 Å². The van der Waals surface area contributed by atoms with Crippen molar-refractivity contribution in [2.75, 3.05) is 6.61 Å². The minimum Gasteiger partial charge on any atom is -0.462 e. The highest BCUT2D eigenvalue weighted by Crippen LogP contribution is 2.41. The Balaban J connectivity index is 2.30. The van der Waals surface area contributed by atoms with Crippen molar-refractivity contribution >= 4 is 17.3 Å². The fourth-order valence-electron chi connectivity index (χ4n) is 2.27. The molecule has 0 amide bonds. The van der Waals surface area contributed by atoms with E-state index < -0.39 is 0 Å². The summed E-state index contributed by atoms with van der Waals surface area (Å²) in [5.74, 6) is 0.431. The molecule has 2 nitrogen and oxygen atoms in total. The number of thiophene rings is 1. The molecule has 0 fully saturated rings. The predicted molar refractivity (Wildman–Crippen MR) is 61.6 cm³/mol. The molecule has 0 aliphatic heterocycles. The standard InChI is InChI=1S/C12H16O2S/c1-3-8-5-6-10-11(8)9(7-15-10)12(13)14-4-2/h7-8H,3-6H2,1-2H3. The van der Waals surface area contributed by atoms with Gasteiger partial charge in [0, 0.05) is 10.3 Å². The van der Waals surface area contributed by atoms with Crippen LogP contribution in [0.4, 0.5) is 0 Å². The van der Waals surface area contributed by atoms with Crippen LogP contribution in [0.2, 0.25) is 0 Å². The molecule has 1 aromatic rings. The summed E-state index contributed by atoms with van der Waals surface area (Å²) in [6.07, 6.45) is 3.46. The Hall–Kier alpha value is -0.830. The maximum absolute atomic E-state index is 11.7. The van der Waals surface area contributed by atoms with Gasteiger partial charge in [-0.3, -0.25) is 0 Å². The van der Waals surface area contributed by atoms with Gasteiger partial charge in [-0.05, 0) is 37.7 Å². The monoisotopic (exact) mass is 224 g/mol. The summed E-state index contributed by atoms with van der Waals surface area (Å²) in [5.41, 5.74) is 2.10. The van der Waals surface area contributed by atoms with Crippen LogP contribution in [0.1, 0.15) is 53.4 Å². The Morgan fingerprint density at radius 3 is 3.07 bits per heavy atom. The van der Waals surface area contributed by atoms with Crippen LogP contribution < -0.4 is 0 Å². The third-order valence-electron chi connectivity index (χ3n) is 3.03. The molecule has 0 radical (unpaired) electrons. The fraction of sp³-hybridized carbons (Fsp3) is 0.583. The number of carbonyl (C=O) groups excluding carboxylic acids is 1. The molecule has 0 saturated heterocycles. The van der Waals surface area contributed by atoms with Gasteiger partial charge in [-0.25, -0.2) is 4.79 Å². The van der Waals surface area contributed by atoms with Crippen molar-refractivity contribution < 1.29 is 9.53 Å². The molecular weight excluding hydrogens is 208 g/mol. The molecular formula is C12H16O2S. The van der Waals surface area contributed by atoms with E-state index in [0.29, 0.717) is 12.5 Å². The molecule has 1 aromatic heterocycles. The van der Waals surface area contributed by atoms with Crippen molar-refractivity contribution in [3.63, 3.8) is 0 Å². The third-order valence-corrected chi connectivity index (χ3v) is 4.09. The number of esters is 1. The maximum atomic E-state index is 11.7. The van der Waals surface area contributed by atoms with Gasteiger partial charge in [0.1, 0.15) is 0 Å². The lowest BCUT2D eigenvalue weighted by Crippen LogP contribution is -2.07. The normalized spacial score (nSPS) is 18.9. The van der Waals surface area contributed by atoms with Gasteiger partial charge < -0.3 is 4.74 Å². The smallest absolute Gasteiger partial charge is 0.339 e. The first-order valence-corrected chi connectivity index (χ1v) is 6.43. The summed E-state index contributed by atoms with van der Waals surface area (Å²) in [4.78, 5) is 13.1. The van der Waals surface area contributed by atoms with Gasteiger partial charge in [0.25, 0.3) is 0 Å². The Morgan fingerprint density at radius 2 is 2.40 bits per heavy atom. The number of fused-ring (bicyclic) bond motifs is 1. The van der Waals surface area contributed by atoms with Crippen LogP contribution in [-0.2, 0) is 11.2 Å². The van der Waals surface area contributed by atoms with Gasteiger partial charge in [0.05, 0.1) is 12.2 Å².